The molecular formula is C14H27N5O. The van der Waals surface area contributed by atoms with E-state index >= 15 is 0 Å². The van der Waals surface area contributed by atoms with Gasteiger partial charge in [0.25, 0.3) is 0 Å². The Morgan fingerprint density at radius 2 is 2.15 bits per heavy atom. The van der Waals surface area contributed by atoms with Crippen LogP contribution < -0.4 is 11.3 Å². The maximum absolute atomic E-state index is 6.09. The molecule has 0 spiro atoms. The highest BCUT2D eigenvalue weighted by Gasteiger charge is 2.42. The lowest BCUT2D eigenvalue weighted by Crippen LogP contribution is -2.55. The van der Waals surface area contributed by atoms with E-state index in [4.69, 9.17) is 10.6 Å². The summed E-state index contributed by atoms with van der Waals surface area (Å²) in [6, 6.07) is 0.379. The number of ether oxygens (including phenoxy) is 1. The van der Waals surface area contributed by atoms with Crippen molar-refractivity contribution in [3.63, 3.8) is 0 Å². The Hall–Kier alpha value is -0.980. The molecule has 1 atom stereocenters. The Balaban J connectivity index is 2.17. The number of aromatic nitrogens is 3. The van der Waals surface area contributed by atoms with Crippen molar-refractivity contribution in [3.05, 3.63) is 12.2 Å². The summed E-state index contributed by atoms with van der Waals surface area (Å²) >= 11 is 0. The van der Waals surface area contributed by atoms with Gasteiger partial charge < -0.3 is 4.74 Å². The molecule has 1 aromatic rings. The summed E-state index contributed by atoms with van der Waals surface area (Å²) in [7, 11) is 0. The van der Waals surface area contributed by atoms with Crippen LogP contribution in [-0.4, -0.2) is 33.0 Å². The van der Waals surface area contributed by atoms with Crippen LogP contribution >= 0.6 is 0 Å². The Morgan fingerprint density at radius 3 is 2.70 bits per heavy atom. The highest BCUT2D eigenvalue weighted by Crippen LogP contribution is 2.37. The van der Waals surface area contributed by atoms with E-state index in [0.717, 1.165) is 31.7 Å². The highest BCUT2D eigenvalue weighted by atomic mass is 16.5. The van der Waals surface area contributed by atoms with Crippen LogP contribution in [0.3, 0.4) is 0 Å². The zero-order valence-corrected chi connectivity index (χ0v) is 12.8. The smallest absolute Gasteiger partial charge is 0.138 e. The molecule has 1 heterocycles. The molecule has 1 saturated carbocycles. The van der Waals surface area contributed by atoms with E-state index in [1.807, 2.05) is 11.6 Å². The monoisotopic (exact) mass is 281 g/mol. The molecule has 0 aliphatic heterocycles. The second kappa shape index (κ2) is 6.65. The topological polar surface area (TPSA) is 78.0 Å². The Morgan fingerprint density at radius 1 is 1.45 bits per heavy atom. The molecule has 0 radical (unpaired) electrons. The fourth-order valence-electron chi connectivity index (χ4n) is 3.29. The molecule has 1 aromatic heterocycles. The number of hydrazine groups is 1. The van der Waals surface area contributed by atoms with Crippen molar-refractivity contribution in [2.24, 2.45) is 5.84 Å². The molecule has 0 aromatic carbocycles. The van der Waals surface area contributed by atoms with Crippen LogP contribution in [0, 0.1) is 0 Å². The molecular weight excluding hydrogens is 254 g/mol. The molecule has 6 nitrogen and oxygen atoms in total. The molecule has 114 valence electrons. The van der Waals surface area contributed by atoms with E-state index in [-0.39, 0.29) is 11.6 Å². The number of hydrogen-bond donors (Lipinski definition) is 2. The molecule has 0 bridgehead atoms. The minimum absolute atomic E-state index is 0.0756. The summed E-state index contributed by atoms with van der Waals surface area (Å²) in [5, 5.41) is 4.29. The molecule has 2 rings (SSSR count). The van der Waals surface area contributed by atoms with Crippen LogP contribution in [0.25, 0.3) is 0 Å². The fraction of sp³-hybridized carbons (Fsp3) is 0.857. The molecule has 1 unspecified atom stereocenters. The van der Waals surface area contributed by atoms with Gasteiger partial charge in [0.15, 0.2) is 0 Å². The summed E-state index contributed by atoms with van der Waals surface area (Å²) in [6.45, 7) is 6.98. The summed E-state index contributed by atoms with van der Waals surface area (Å²) in [5.74, 6) is 6.79. The van der Waals surface area contributed by atoms with E-state index in [1.54, 1.807) is 6.33 Å². The largest absolute Gasteiger partial charge is 0.374 e. The van der Waals surface area contributed by atoms with Gasteiger partial charge in [0, 0.05) is 19.1 Å². The van der Waals surface area contributed by atoms with E-state index in [0.29, 0.717) is 6.04 Å². The average Bonchev–Trinajstić information content (AvgIpc) is 3.05. The minimum atomic E-state index is -0.155. The first-order valence-electron chi connectivity index (χ1n) is 7.61. The van der Waals surface area contributed by atoms with E-state index < -0.39 is 0 Å². The molecule has 3 N–H and O–H groups in total. The van der Waals surface area contributed by atoms with Crippen LogP contribution in [0.2, 0.25) is 0 Å². The van der Waals surface area contributed by atoms with Crippen LogP contribution in [0.15, 0.2) is 6.33 Å². The maximum Gasteiger partial charge on any atom is 0.138 e. The molecule has 0 saturated heterocycles. The molecule has 1 aliphatic carbocycles. The van der Waals surface area contributed by atoms with Gasteiger partial charge in [-0.25, -0.2) is 9.67 Å². The molecule has 6 heteroatoms. The Kier molecular flexibility index (Phi) is 5.12. The highest BCUT2D eigenvalue weighted by molar-refractivity contribution is 5.02. The number of nitrogens with zero attached hydrogens (tertiary/aromatic N) is 3. The Bertz CT molecular complexity index is 411. The summed E-state index contributed by atoms with van der Waals surface area (Å²) < 4.78 is 8.05. The van der Waals surface area contributed by atoms with Gasteiger partial charge in [-0.15, -0.1) is 0 Å². The van der Waals surface area contributed by atoms with Crippen LogP contribution in [-0.2, 0) is 11.2 Å². The third kappa shape index (κ3) is 3.02. The predicted octanol–water partition coefficient (Wildman–Crippen LogP) is 1.58. The zero-order chi connectivity index (χ0) is 14.6. The van der Waals surface area contributed by atoms with Gasteiger partial charge >= 0.3 is 0 Å². The number of nitrogens with one attached hydrogen (secondary N) is 1. The summed E-state index contributed by atoms with van der Waals surface area (Å²) in [5.41, 5.74) is 2.81. The third-order valence-corrected chi connectivity index (χ3v) is 4.24. The van der Waals surface area contributed by atoms with Gasteiger partial charge in [-0.05, 0) is 33.6 Å². The van der Waals surface area contributed by atoms with Crippen molar-refractivity contribution in [1.29, 1.82) is 0 Å². The third-order valence-electron chi connectivity index (χ3n) is 4.24. The fourth-order valence-corrected chi connectivity index (χ4v) is 3.29. The van der Waals surface area contributed by atoms with Gasteiger partial charge in [-0.1, -0.05) is 12.8 Å². The van der Waals surface area contributed by atoms with Crippen molar-refractivity contribution in [1.82, 2.24) is 20.2 Å². The van der Waals surface area contributed by atoms with Gasteiger partial charge in [-0.3, -0.25) is 11.3 Å². The van der Waals surface area contributed by atoms with Crippen molar-refractivity contribution in [3.8, 4) is 0 Å². The number of hydrogen-bond acceptors (Lipinski definition) is 5. The molecule has 20 heavy (non-hydrogen) atoms. The zero-order valence-electron chi connectivity index (χ0n) is 12.8. The Labute approximate surface area is 121 Å². The number of rotatable bonds is 7. The first-order chi connectivity index (χ1) is 9.63. The van der Waals surface area contributed by atoms with Gasteiger partial charge in [0.1, 0.15) is 12.2 Å². The van der Waals surface area contributed by atoms with E-state index in [1.165, 1.54) is 12.8 Å². The summed E-state index contributed by atoms with van der Waals surface area (Å²) in [4.78, 5) is 4.39. The maximum atomic E-state index is 6.09. The summed E-state index contributed by atoms with van der Waals surface area (Å²) in [6.07, 6.45) is 6.89. The minimum Gasteiger partial charge on any atom is -0.374 e. The van der Waals surface area contributed by atoms with Crippen LogP contribution in [0.5, 0.6) is 0 Å². The van der Waals surface area contributed by atoms with Crippen molar-refractivity contribution in [2.45, 2.75) is 70.6 Å². The quantitative estimate of drug-likeness (QED) is 0.586. The standard InChI is InChI=1S/C14H27N5O/c1-4-20-14(7-5-6-8-14)12(18-15)9-13-16-10-17-19(13)11(2)3/h10-12,18H,4-9,15H2,1-3H3. The van der Waals surface area contributed by atoms with Gasteiger partial charge in [0.05, 0.1) is 11.6 Å². The van der Waals surface area contributed by atoms with Crippen molar-refractivity contribution in [2.75, 3.05) is 6.61 Å². The van der Waals surface area contributed by atoms with Gasteiger partial charge in [-0.2, -0.15) is 5.10 Å². The lowest BCUT2D eigenvalue weighted by Gasteiger charge is -2.37. The van der Waals surface area contributed by atoms with Crippen molar-refractivity contribution < 1.29 is 4.74 Å². The number of nitrogens with two attached hydrogens (primary N) is 1. The van der Waals surface area contributed by atoms with E-state index in [2.05, 4.69) is 29.4 Å². The second-order valence-electron chi connectivity index (χ2n) is 5.84. The second-order valence-corrected chi connectivity index (χ2v) is 5.84. The first-order valence-corrected chi connectivity index (χ1v) is 7.61. The lowest BCUT2D eigenvalue weighted by atomic mass is 9.89. The molecule has 1 fully saturated rings. The van der Waals surface area contributed by atoms with Crippen LogP contribution in [0.1, 0.15) is 58.3 Å². The van der Waals surface area contributed by atoms with E-state index in [9.17, 15) is 0 Å². The van der Waals surface area contributed by atoms with Crippen molar-refractivity contribution >= 4 is 0 Å². The van der Waals surface area contributed by atoms with Crippen LogP contribution in [0.4, 0.5) is 0 Å². The van der Waals surface area contributed by atoms with Gasteiger partial charge in [0.2, 0.25) is 0 Å². The lowest BCUT2D eigenvalue weighted by molar-refractivity contribution is -0.0619. The SMILES string of the molecule is CCOC1(C(Cc2ncnn2C(C)C)NN)CCCC1. The normalized spacial score (nSPS) is 19.6. The average molecular weight is 281 g/mol. The molecule has 1 aliphatic rings. The molecule has 0 amide bonds. The predicted molar refractivity (Wildman–Crippen MR) is 78.0 cm³/mol. The first kappa shape index (κ1) is 15.4.